The van der Waals surface area contributed by atoms with Gasteiger partial charge in [0, 0.05) is 6.07 Å². The summed E-state index contributed by atoms with van der Waals surface area (Å²) >= 11 is 1.28. The minimum Gasteiger partial charge on any atom is -0.488 e. The minimum absolute atomic E-state index is 0.0986. The maximum Gasteiger partial charge on any atom is 0.262 e. The van der Waals surface area contributed by atoms with Crippen molar-refractivity contribution in [3.63, 3.8) is 0 Å². The van der Waals surface area contributed by atoms with Crippen LogP contribution >= 0.6 is 11.3 Å². The molecule has 0 atom stereocenters. The number of aromatic nitrogens is 2. The van der Waals surface area contributed by atoms with Crippen LogP contribution in [0.25, 0.3) is 10.2 Å². The van der Waals surface area contributed by atoms with Crippen LogP contribution in [0.5, 0.6) is 5.75 Å². The molecule has 1 aliphatic rings. The molecule has 3 N–H and O–H groups in total. The molecule has 182 valence electrons. The van der Waals surface area contributed by atoms with Gasteiger partial charge in [0.1, 0.15) is 34.3 Å². The first-order chi connectivity index (χ1) is 17.0. The molecule has 1 amide bonds. The number of nitrogens with one attached hydrogen (secondary N) is 2. The summed E-state index contributed by atoms with van der Waals surface area (Å²) in [4.78, 5) is 22.8. The molecule has 4 aromatic rings. The number of benzene rings is 1. The van der Waals surface area contributed by atoms with Crippen LogP contribution in [-0.4, -0.2) is 33.2 Å². The second-order valence-corrected chi connectivity index (χ2v) is 9.53. The molecule has 5 rings (SSSR count). The second kappa shape index (κ2) is 10.0. The van der Waals surface area contributed by atoms with Crippen molar-refractivity contribution < 1.29 is 23.4 Å². The van der Waals surface area contributed by atoms with Crippen molar-refractivity contribution in [2.24, 2.45) is 0 Å². The summed E-state index contributed by atoms with van der Waals surface area (Å²) in [5.41, 5.74) is 1.31. The fourth-order valence-electron chi connectivity index (χ4n) is 4.21. The Morgan fingerprint density at radius 3 is 2.86 bits per heavy atom. The van der Waals surface area contributed by atoms with E-state index in [1.54, 1.807) is 24.5 Å². The molecule has 35 heavy (non-hydrogen) atoms. The molecule has 0 saturated heterocycles. The Hall–Kier alpha value is -3.50. The van der Waals surface area contributed by atoms with Crippen LogP contribution in [0.2, 0.25) is 0 Å². The molecule has 1 fully saturated rings. The maximum atomic E-state index is 14.1. The number of carbonyl (C=O) groups excluding carboxylic acids is 1. The molecular weight excluding hydrogens is 471 g/mol. The lowest BCUT2D eigenvalue weighted by atomic mass is 9.95. The summed E-state index contributed by atoms with van der Waals surface area (Å²) in [7, 11) is 0. The van der Waals surface area contributed by atoms with E-state index < -0.39 is 5.82 Å². The number of fused-ring (bicyclic) bond motifs is 1. The normalized spacial score (nSPS) is 17.9. The molecule has 3 heterocycles. The van der Waals surface area contributed by atoms with Crippen molar-refractivity contribution in [1.29, 1.82) is 0 Å². The second-order valence-electron chi connectivity index (χ2n) is 8.53. The summed E-state index contributed by atoms with van der Waals surface area (Å²) in [6.07, 6.45) is 5.31. The summed E-state index contributed by atoms with van der Waals surface area (Å²) in [5, 5.41) is 16.6. The van der Waals surface area contributed by atoms with E-state index in [4.69, 9.17) is 9.15 Å². The number of ether oxygens (including phenoxy) is 1. The van der Waals surface area contributed by atoms with Crippen molar-refractivity contribution in [1.82, 2.24) is 15.3 Å². The number of anilines is 2. The van der Waals surface area contributed by atoms with Gasteiger partial charge in [-0.1, -0.05) is 0 Å². The topological polar surface area (TPSA) is 110 Å². The van der Waals surface area contributed by atoms with Gasteiger partial charge < -0.3 is 24.9 Å². The quantitative estimate of drug-likeness (QED) is 0.327. The number of hydrogen-bond acceptors (Lipinski definition) is 8. The van der Waals surface area contributed by atoms with Gasteiger partial charge in [0.25, 0.3) is 5.91 Å². The number of rotatable bonds is 7. The van der Waals surface area contributed by atoms with Crippen LogP contribution < -0.4 is 15.4 Å². The van der Waals surface area contributed by atoms with Gasteiger partial charge in [0.05, 0.1) is 41.0 Å². The van der Waals surface area contributed by atoms with Gasteiger partial charge in [-0.05, 0) is 62.4 Å². The Morgan fingerprint density at radius 1 is 1.26 bits per heavy atom. The number of amides is 1. The van der Waals surface area contributed by atoms with Crippen molar-refractivity contribution in [3.8, 4) is 5.75 Å². The highest BCUT2D eigenvalue weighted by Crippen LogP contribution is 2.37. The number of aryl methyl sites for hydroxylation is 1. The third kappa shape index (κ3) is 5.13. The molecular formula is C25H25FN4O4S. The molecule has 1 aromatic carbocycles. The lowest BCUT2D eigenvalue weighted by molar-refractivity contribution is 0.0668. The Morgan fingerprint density at radius 2 is 2.09 bits per heavy atom. The van der Waals surface area contributed by atoms with E-state index in [1.807, 2.05) is 6.92 Å². The summed E-state index contributed by atoms with van der Waals surface area (Å²) in [6.45, 7) is 2.13. The molecule has 1 saturated carbocycles. The Kier molecular flexibility index (Phi) is 6.65. The SMILES string of the molecule is Cc1c(C(=O)NCc2ccco2)sc2ncnc(Nc3ccc(F)cc3OC3CCC(O)CC3)c12. The molecule has 3 aromatic heterocycles. The number of carbonyl (C=O) groups is 1. The number of thiophene rings is 1. The summed E-state index contributed by atoms with van der Waals surface area (Å²) < 4.78 is 25.5. The van der Waals surface area contributed by atoms with E-state index in [2.05, 4.69) is 20.6 Å². The van der Waals surface area contributed by atoms with Gasteiger partial charge in [-0.3, -0.25) is 4.79 Å². The summed E-state index contributed by atoms with van der Waals surface area (Å²) in [5.74, 6) is 0.914. The Bertz CT molecular complexity index is 1330. The van der Waals surface area contributed by atoms with E-state index in [0.717, 1.165) is 10.9 Å². The lowest BCUT2D eigenvalue weighted by Gasteiger charge is -2.27. The molecule has 0 aliphatic heterocycles. The first kappa shape index (κ1) is 23.3. The van der Waals surface area contributed by atoms with Crippen LogP contribution in [0.4, 0.5) is 15.9 Å². The van der Waals surface area contributed by atoms with Gasteiger partial charge in [0.15, 0.2) is 0 Å². The fraction of sp³-hybridized carbons (Fsp3) is 0.320. The Labute approximate surface area is 205 Å². The van der Waals surface area contributed by atoms with Gasteiger partial charge >= 0.3 is 0 Å². The van der Waals surface area contributed by atoms with Crippen molar-refractivity contribution in [2.75, 3.05) is 5.32 Å². The van der Waals surface area contributed by atoms with Crippen LogP contribution in [0.3, 0.4) is 0 Å². The third-order valence-corrected chi connectivity index (χ3v) is 7.27. The van der Waals surface area contributed by atoms with Gasteiger partial charge in [0.2, 0.25) is 0 Å². The molecule has 0 bridgehead atoms. The molecule has 0 spiro atoms. The largest absolute Gasteiger partial charge is 0.488 e. The van der Waals surface area contributed by atoms with E-state index in [9.17, 15) is 14.3 Å². The molecule has 0 radical (unpaired) electrons. The number of aliphatic hydroxyl groups excluding tert-OH is 1. The zero-order chi connectivity index (χ0) is 24.4. The van der Waals surface area contributed by atoms with Crippen LogP contribution in [0, 0.1) is 12.7 Å². The number of nitrogens with zero attached hydrogens (tertiary/aromatic N) is 2. The van der Waals surface area contributed by atoms with Crippen LogP contribution in [0.1, 0.15) is 46.7 Å². The summed E-state index contributed by atoms with van der Waals surface area (Å²) in [6, 6.07) is 7.87. The molecule has 0 unspecified atom stereocenters. The minimum atomic E-state index is -0.406. The highest BCUT2D eigenvalue weighted by Gasteiger charge is 2.23. The number of aliphatic hydroxyl groups is 1. The third-order valence-electron chi connectivity index (χ3n) is 6.07. The highest BCUT2D eigenvalue weighted by molar-refractivity contribution is 7.20. The number of hydrogen-bond donors (Lipinski definition) is 3. The maximum absolute atomic E-state index is 14.1. The van der Waals surface area contributed by atoms with E-state index in [-0.39, 0.29) is 24.7 Å². The van der Waals surface area contributed by atoms with Crippen molar-refractivity contribution in [3.05, 3.63) is 64.9 Å². The predicted octanol–water partition coefficient (Wildman–Crippen LogP) is 5.09. The van der Waals surface area contributed by atoms with E-state index in [1.165, 1.54) is 29.8 Å². The zero-order valence-electron chi connectivity index (χ0n) is 19.1. The van der Waals surface area contributed by atoms with Gasteiger partial charge in [-0.2, -0.15) is 0 Å². The predicted molar refractivity (Wildman–Crippen MR) is 131 cm³/mol. The zero-order valence-corrected chi connectivity index (χ0v) is 19.9. The number of halogens is 1. The first-order valence-corrected chi connectivity index (χ1v) is 12.3. The van der Waals surface area contributed by atoms with Crippen molar-refractivity contribution >= 4 is 39.0 Å². The van der Waals surface area contributed by atoms with Gasteiger partial charge in [-0.25, -0.2) is 14.4 Å². The van der Waals surface area contributed by atoms with E-state index >= 15 is 0 Å². The van der Waals surface area contributed by atoms with Gasteiger partial charge in [-0.15, -0.1) is 11.3 Å². The number of furan rings is 1. The standard InChI is InChI=1S/C25H25FN4O4S/c1-14-21-23(28-13-29-25(21)35-22(14)24(32)27-12-18-3-2-10-33-18)30-19-9-4-15(26)11-20(19)34-17-7-5-16(31)6-8-17/h2-4,9-11,13,16-17,31H,5-8,12H2,1H3,(H,27,32)(H,28,29,30). The van der Waals surface area contributed by atoms with Crippen molar-refractivity contribution in [2.45, 2.75) is 51.4 Å². The average molecular weight is 497 g/mol. The van der Waals surface area contributed by atoms with Crippen LogP contribution in [-0.2, 0) is 6.54 Å². The van der Waals surface area contributed by atoms with E-state index in [0.29, 0.717) is 58.4 Å². The molecule has 8 nitrogen and oxygen atoms in total. The lowest BCUT2D eigenvalue weighted by Crippen LogP contribution is -2.26. The first-order valence-electron chi connectivity index (χ1n) is 11.4. The molecule has 1 aliphatic carbocycles. The average Bonchev–Trinajstić information content (AvgIpc) is 3.49. The molecule has 10 heteroatoms. The fourth-order valence-corrected chi connectivity index (χ4v) is 5.28. The van der Waals surface area contributed by atoms with Crippen LogP contribution in [0.15, 0.2) is 47.3 Å². The monoisotopic (exact) mass is 496 g/mol. The Balaban J connectivity index is 1.40. The highest BCUT2D eigenvalue weighted by atomic mass is 32.1. The smallest absolute Gasteiger partial charge is 0.262 e.